The van der Waals surface area contributed by atoms with Crippen LogP contribution in [0.1, 0.15) is 0 Å². The minimum absolute atomic E-state index is 0.101. The largest absolute Gasteiger partial charge is 0.612 e. The van der Waals surface area contributed by atoms with Crippen molar-refractivity contribution in [2.45, 2.75) is 0 Å². The van der Waals surface area contributed by atoms with Gasteiger partial charge in [-0.2, -0.15) is 10.0 Å². The monoisotopic (exact) mass is 217 g/mol. The van der Waals surface area contributed by atoms with Gasteiger partial charge in [0.05, 0.1) is 11.4 Å². The normalized spacial score (nSPS) is 14.1. The molecule has 1 saturated heterocycles. The van der Waals surface area contributed by atoms with E-state index in [1.54, 1.807) is 18.3 Å². The number of fused-ring (bicyclic) bond motifs is 1. The minimum Gasteiger partial charge on any atom is -0.612 e. The zero-order valence-corrected chi connectivity index (χ0v) is 8.38. The van der Waals surface area contributed by atoms with Gasteiger partial charge in [0.1, 0.15) is 0 Å². The Morgan fingerprint density at radius 2 is 2.12 bits per heavy atom. The molecule has 1 N–H and O–H groups in total. The van der Waals surface area contributed by atoms with Crippen molar-refractivity contribution in [3.63, 3.8) is 0 Å². The zero-order valence-electron chi connectivity index (χ0n) is 8.38. The SMILES string of the molecule is [O-][N+]([O-])=c1ccc2n[nH]cc(N3CC3)c-2c1. The molecule has 6 nitrogen and oxygen atoms in total. The highest BCUT2D eigenvalue weighted by Crippen LogP contribution is 2.31. The number of nitrogens with zero attached hydrogens (tertiary/aromatic N) is 3. The molecule has 0 unspecified atom stereocenters. The Kier molecular flexibility index (Phi) is 1.76. The Morgan fingerprint density at radius 1 is 1.31 bits per heavy atom. The van der Waals surface area contributed by atoms with Crippen LogP contribution >= 0.6 is 0 Å². The lowest BCUT2D eigenvalue weighted by atomic mass is 10.1. The van der Waals surface area contributed by atoms with Gasteiger partial charge in [0, 0.05) is 37.0 Å². The van der Waals surface area contributed by atoms with E-state index in [0.29, 0.717) is 0 Å². The third-order valence-corrected chi connectivity index (χ3v) is 2.64. The van der Waals surface area contributed by atoms with Crippen molar-refractivity contribution < 1.29 is 0 Å². The molecule has 1 aliphatic carbocycles. The molecule has 16 heavy (non-hydrogen) atoms. The number of benzene rings is 1. The van der Waals surface area contributed by atoms with Crippen LogP contribution in [0.4, 0.5) is 5.69 Å². The van der Waals surface area contributed by atoms with Gasteiger partial charge in [-0.25, -0.2) is 0 Å². The van der Waals surface area contributed by atoms with Crippen LogP contribution in [0.25, 0.3) is 11.3 Å². The predicted octanol–water partition coefficient (Wildman–Crippen LogP) is 0.102. The van der Waals surface area contributed by atoms with Gasteiger partial charge in [-0.3, -0.25) is 5.10 Å². The molecule has 0 saturated carbocycles. The van der Waals surface area contributed by atoms with Gasteiger partial charge in [0.25, 0.3) is 0 Å². The Morgan fingerprint density at radius 3 is 2.81 bits per heavy atom. The van der Waals surface area contributed by atoms with E-state index < -0.39 is 0 Å². The van der Waals surface area contributed by atoms with E-state index in [9.17, 15) is 10.4 Å². The van der Waals surface area contributed by atoms with Crippen LogP contribution < -0.4 is 15.2 Å². The fraction of sp³-hybridized carbons (Fsp3) is 0.200. The maximum Gasteiger partial charge on any atom is 0.223 e. The number of hydrogen-bond donors (Lipinski definition) is 1. The van der Waals surface area contributed by atoms with Gasteiger partial charge in [0.15, 0.2) is 0 Å². The van der Waals surface area contributed by atoms with E-state index in [1.165, 1.54) is 6.07 Å². The molecule has 3 aliphatic rings. The lowest BCUT2D eigenvalue weighted by Gasteiger charge is -2.11. The summed E-state index contributed by atoms with van der Waals surface area (Å²) >= 11 is 0. The average Bonchev–Trinajstić information content (AvgIpc) is 3.11. The molecule has 1 fully saturated rings. The standard InChI is InChI=1S/C10H9N4O2/c15-14(16)7-1-2-9-8(5-7)10(6-11-12-9)13-3-4-13/h1-2,5-6,11H,3-4H2/q-1. The number of hydrogen-bond acceptors (Lipinski definition) is 4. The topological polar surface area (TPSA) is 80.8 Å². The van der Waals surface area contributed by atoms with Gasteiger partial charge in [-0.05, 0) is 6.07 Å². The van der Waals surface area contributed by atoms with E-state index in [4.69, 9.17) is 0 Å². The second kappa shape index (κ2) is 3.13. The summed E-state index contributed by atoms with van der Waals surface area (Å²) in [5.41, 5.74) is 2.55. The fourth-order valence-electron chi connectivity index (χ4n) is 1.73. The molecular formula is C10H9N4O2-. The van der Waals surface area contributed by atoms with Gasteiger partial charge < -0.3 is 15.3 Å². The van der Waals surface area contributed by atoms with E-state index in [1.807, 2.05) is 0 Å². The van der Waals surface area contributed by atoms with Crippen molar-refractivity contribution in [2.75, 3.05) is 18.0 Å². The van der Waals surface area contributed by atoms with Crippen molar-refractivity contribution >= 4 is 5.69 Å². The third kappa shape index (κ3) is 1.35. The summed E-state index contributed by atoms with van der Waals surface area (Å²) in [5.74, 6) is 0. The molecule has 2 heterocycles. The summed E-state index contributed by atoms with van der Waals surface area (Å²) in [6.07, 6.45) is 1.78. The fourth-order valence-corrected chi connectivity index (χ4v) is 1.73. The van der Waals surface area contributed by atoms with Gasteiger partial charge in [-0.15, -0.1) is 0 Å². The molecular weight excluding hydrogens is 208 g/mol. The number of nitrogens with one attached hydrogen (secondary N) is 1. The van der Waals surface area contributed by atoms with Crippen molar-refractivity contribution in [3.8, 4) is 11.3 Å². The van der Waals surface area contributed by atoms with Crippen molar-refractivity contribution in [2.24, 2.45) is 0 Å². The van der Waals surface area contributed by atoms with Crippen molar-refractivity contribution in [1.29, 1.82) is 0 Å². The molecule has 3 rings (SSSR count). The molecule has 82 valence electrons. The summed E-state index contributed by atoms with van der Waals surface area (Å²) in [5, 5.41) is 28.4. The molecule has 6 heteroatoms. The first-order chi connectivity index (χ1) is 7.75. The van der Waals surface area contributed by atoms with Crippen LogP contribution in [-0.4, -0.2) is 23.3 Å². The van der Waals surface area contributed by atoms with E-state index in [0.717, 1.165) is 30.0 Å². The van der Waals surface area contributed by atoms with Crippen LogP contribution in [0.15, 0.2) is 24.4 Å². The Balaban J connectivity index is 2.30. The molecule has 0 aromatic rings. The van der Waals surface area contributed by atoms with Crippen LogP contribution in [0.3, 0.4) is 0 Å². The van der Waals surface area contributed by atoms with Crippen molar-refractivity contribution in [1.82, 2.24) is 15.1 Å². The van der Waals surface area contributed by atoms with E-state index in [-0.39, 0.29) is 10.3 Å². The van der Waals surface area contributed by atoms with Crippen LogP contribution in [0.5, 0.6) is 0 Å². The molecule has 2 aliphatic heterocycles. The second-order valence-electron chi connectivity index (χ2n) is 3.72. The first kappa shape index (κ1) is 9.02. The van der Waals surface area contributed by atoms with Crippen LogP contribution in [-0.2, 0) is 0 Å². The maximum atomic E-state index is 10.7. The molecule has 0 bridgehead atoms. The lowest BCUT2D eigenvalue weighted by molar-refractivity contribution is 0.962. The summed E-state index contributed by atoms with van der Waals surface area (Å²) in [4.78, 5) is 1.74. The van der Waals surface area contributed by atoms with Gasteiger partial charge in [0.2, 0.25) is 5.36 Å². The lowest BCUT2D eigenvalue weighted by Crippen LogP contribution is -2.18. The zero-order chi connectivity index (χ0) is 11.1. The van der Waals surface area contributed by atoms with E-state index in [2.05, 4.69) is 15.1 Å². The third-order valence-electron chi connectivity index (χ3n) is 2.64. The smallest absolute Gasteiger partial charge is 0.223 e. The number of rotatable bonds is 1. The molecule has 0 atom stereocenters. The molecule has 0 aromatic heterocycles. The highest BCUT2D eigenvalue weighted by molar-refractivity contribution is 5.77. The molecule has 0 amide bonds. The highest BCUT2D eigenvalue weighted by atomic mass is 16.8. The molecule has 0 aromatic carbocycles. The summed E-state index contributed by atoms with van der Waals surface area (Å²) in [7, 11) is 0. The first-order valence-electron chi connectivity index (χ1n) is 4.96. The van der Waals surface area contributed by atoms with Crippen LogP contribution in [0, 0.1) is 10.4 Å². The number of anilines is 1. The Hall–Kier alpha value is -2.24. The summed E-state index contributed by atoms with van der Waals surface area (Å²) in [6, 6.07) is 4.70. The van der Waals surface area contributed by atoms with E-state index >= 15 is 0 Å². The maximum absolute atomic E-state index is 10.7. The summed E-state index contributed by atoms with van der Waals surface area (Å²) in [6.45, 7) is 1.99. The van der Waals surface area contributed by atoms with Gasteiger partial charge in [-0.1, -0.05) is 0 Å². The van der Waals surface area contributed by atoms with Gasteiger partial charge >= 0.3 is 0 Å². The quantitative estimate of drug-likeness (QED) is 0.542. The number of H-pyrrole nitrogens is 1. The second-order valence-corrected chi connectivity index (χ2v) is 3.72. The predicted molar refractivity (Wildman–Crippen MR) is 59.4 cm³/mol. The van der Waals surface area contributed by atoms with Crippen molar-refractivity contribution in [3.05, 3.63) is 40.2 Å². The Labute approximate surface area is 91.0 Å². The van der Waals surface area contributed by atoms with Crippen LogP contribution in [0.2, 0.25) is 0 Å². The molecule has 0 spiro atoms. The summed E-state index contributed by atoms with van der Waals surface area (Å²) < 4.78 is 0. The number of aromatic amines is 1. The first-order valence-corrected chi connectivity index (χ1v) is 4.96. The average molecular weight is 217 g/mol. The Bertz CT molecular complexity index is 569. The molecule has 0 radical (unpaired) electrons. The minimum atomic E-state index is -0.387. The highest BCUT2D eigenvalue weighted by Gasteiger charge is 2.23. The number of aromatic nitrogens is 2.